The predicted molar refractivity (Wildman–Crippen MR) is 142 cm³/mol. The van der Waals surface area contributed by atoms with E-state index in [2.05, 4.69) is 67.0 Å². The van der Waals surface area contributed by atoms with Crippen LogP contribution in [0.3, 0.4) is 0 Å². The molecule has 2 aromatic rings. The van der Waals surface area contributed by atoms with E-state index in [1.54, 1.807) is 18.5 Å². The van der Waals surface area contributed by atoms with Gasteiger partial charge in [-0.05, 0) is 73.6 Å². The molecule has 2 aliphatic rings. The maximum Gasteiger partial charge on any atom is 0.254 e. The van der Waals surface area contributed by atoms with E-state index in [0.29, 0.717) is 36.3 Å². The fraction of sp³-hybridized carbons (Fsp3) is 0.440. The number of hydrogen-bond donors (Lipinski definition) is 2. The summed E-state index contributed by atoms with van der Waals surface area (Å²) in [7, 11) is 4.22. The number of aromatic nitrogens is 2. The monoisotopic (exact) mass is 541 g/mol. The van der Waals surface area contributed by atoms with Gasteiger partial charge in [0.15, 0.2) is 0 Å². The first-order valence-corrected chi connectivity index (χ1v) is 12.7. The van der Waals surface area contributed by atoms with Crippen molar-refractivity contribution < 1.29 is 9.59 Å². The van der Waals surface area contributed by atoms with E-state index < -0.39 is 0 Å². The number of carbonyl (C=O) groups is 2. The van der Waals surface area contributed by atoms with Crippen molar-refractivity contribution in [1.29, 1.82) is 0 Å². The minimum atomic E-state index is -0.267. The van der Waals surface area contributed by atoms with Crippen LogP contribution in [0.15, 0.2) is 47.7 Å². The zero-order valence-corrected chi connectivity index (χ0v) is 21.8. The molecule has 1 aromatic heterocycles. The molecule has 2 saturated heterocycles. The van der Waals surface area contributed by atoms with Crippen LogP contribution in [0.1, 0.15) is 29.6 Å². The highest BCUT2D eigenvalue weighted by Gasteiger charge is 2.29. The molecule has 4 rings (SSSR count). The Morgan fingerprint density at radius 2 is 1.86 bits per heavy atom. The first kappa shape index (κ1) is 25.1. The number of amides is 2. The number of anilines is 3. The summed E-state index contributed by atoms with van der Waals surface area (Å²) in [5.74, 6) is 0.271. The van der Waals surface area contributed by atoms with Crippen molar-refractivity contribution in [3.05, 3.63) is 53.3 Å². The standard InChI is InChI=1S/C25H32BrN7O2/c1-4-23(34)30-21-6-5-17(13-22(21)32-11-8-20(9-12-32)31(2)3)24(35)33-10-7-19(16-33)29-25-27-14-18(26)15-28-25/h4-6,13-15,19-20H,1,7-12,16H2,2-3H3,(H,30,34)(H,27,28,29). The van der Waals surface area contributed by atoms with Crippen LogP contribution in [0.4, 0.5) is 17.3 Å². The Bertz CT molecular complexity index is 1070. The van der Waals surface area contributed by atoms with Crippen molar-refractivity contribution in [2.75, 3.05) is 55.8 Å². The molecule has 1 atom stereocenters. The smallest absolute Gasteiger partial charge is 0.254 e. The topological polar surface area (TPSA) is 93.7 Å². The van der Waals surface area contributed by atoms with Gasteiger partial charge < -0.3 is 25.3 Å². The van der Waals surface area contributed by atoms with E-state index in [4.69, 9.17) is 0 Å². The second-order valence-corrected chi connectivity index (χ2v) is 10.1. The molecular formula is C25H32BrN7O2. The van der Waals surface area contributed by atoms with Gasteiger partial charge in [-0.3, -0.25) is 9.59 Å². The van der Waals surface area contributed by atoms with Crippen LogP contribution in [-0.4, -0.2) is 83.9 Å². The fourth-order valence-corrected chi connectivity index (χ4v) is 4.86. The third-order valence-electron chi connectivity index (χ3n) is 6.65. The van der Waals surface area contributed by atoms with Crippen molar-refractivity contribution in [3.63, 3.8) is 0 Å². The van der Waals surface area contributed by atoms with E-state index in [1.165, 1.54) is 6.08 Å². The van der Waals surface area contributed by atoms with Gasteiger partial charge >= 0.3 is 0 Å². The third-order valence-corrected chi connectivity index (χ3v) is 7.06. The average molecular weight is 542 g/mol. The number of piperidine rings is 1. The van der Waals surface area contributed by atoms with E-state index in [9.17, 15) is 9.59 Å². The zero-order chi connectivity index (χ0) is 24.9. The lowest BCUT2D eigenvalue weighted by Gasteiger charge is -2.37. The highest BCUT2D eigenvalue weighted by molar-refractivity contribution is 9.10. The van der Waals surface area contributed by atoms with Gasteiger partial charge in [-0.2, -0.15) is 0 Å². The maximum absolute atomic E-state index is 13.4. The van der Waals surface area contributed by atoms with Crippen molar-refractivity contribution >= 4 is 45.1 Å². The molecule has 0 bridgehead atoms. The number of nitrogens with one attached hydrogen (secondary N) is 2. The minimum absolute atomic E-state index is 0.0166. The van der Waals surface area contributed by atoms with Crippen LogP contribution in [-0.2, 0) is 4.79 Å². The summed E-state index contributed by atoms with van der Waals surface area (Å²) >= 11 is 3.34. The molecule has 3 heterocycles. The number of benzene rings is 1. The normalized spacial score (nSPS) is 18.6. The maximum atomic E-state index is 13.4. The highest BCUT2D eigenvalue weighted by atomic mass is 79.9. The molecule has 35 heavy (non-hydrogen) atoms. The summed E-state index contributed by atoms with van der Waals surface area (Å²) < 4.78 is 0.820. The lowest BCUT2D eigenvalue weighted by molar-refractivity contribution is -0.111. The molecule has 186 valence electrons. The number of carbonyl (C=O) groups excluding carboxylic acids is 2. The van der Waals surface area contributed by atoms with Gasteiger partial charge in [-0.25, -0.2) is 9.97 Å². The van der Waals surface area contributed by atoms with E-state index in [-0.39, 0.29) is 17.9 Å². The zero-order valence-electron chi connectivity index (χ0n) is 20.2. The summed E-state index contributed by atoms with van der Waals surface area (Å²) in [5, 5.41) is 6.22. The first-order chi connectivity index (χ1) is 16.8. The Morgan fingerprint density at radius 1 is 1.14 bits per heavy atom. The van der Waals surface area contributed by atoms with Crippen LogP contribution in [0.5, 0.6) is 0 Å². The van der Waals surface area contributed by atoms with Gasteiger partial charge in [0.25, 0.3) is 5.91 Å². The molecule has 1 unspecified atom stereocenters. The Labute approximate surface area is 214 Å². The lowest BCUT2D eigenvalue weighted by atomic mass is 10.0. The molecule has 0 spiro atoms. The van der Waals surface area contributed by atoms with Crippen molar-refractivity contribution in [1.82, 2.24) is 19.8 Å². The molecule has 2 N–H and O–H groups in total. The summed E-state index contributed by atoms with van der Waals surface area (Å²) in [6, 6.07) is 6.15. The second-order valence-electron chi connectivity index (χ2n) is 9.21. The molecule has 2 amide bonds. The summed E-state index contributed by atoms with van der Waals surface area (Å²) in [6.45, 7) is 6.52. The minimum Gasteiger partial charge on any atom is -0.370 e. The van der Waals surface area contributed by atoms with Crippen molar-refractivity contribution in [2.45, 2.75) is 31.3 Å². The molecule has 0 radical (unpaired) electrons. The molecule has 1 aromatic carbocycles. The number of nitrogens with zero attached hydrogens (tertiary/aromatic N) is 5. The van der Waals surface area contributed by atoms with Crippen molar-refractivity contribution in [2.24, 2.45) is 0 Å². The van der Waals surface area contributed by atoms with E-state index in [1.807, 2.05) is 17.0 Å². The van der Waals surface area contributed by atoms with E-state index >= 15 is 0 Å². The lowest BCUT2D eigenvalue weighted by Crippen LogP contribution is -2.42. The molecule has 2 fully saturated rings. The van der Waals surface area contributed by atoms with Crippen LogP contribution in [0, 0.1) is 0 Å². The van der Waals surface area contributed by atoms with E-state index in [0.717, 1.165) is 42.5 Å². The largest absolute Gasteiger partial charge is 0.370 e. The molecule has 2 aliphatic heterocycles. The number of rotatable bonds is 7. The molecule has 0 saturated carbocycles. The molecule has 0 aliphatic carbocycles. The molecule has 10 heteroatoms. The van der Waals surface area contributed by atoms with Crippen molar-refractivity contribution in [3.8, 4) is 0 Å². The highest BCUT2D eigenvalue weighted by Crippen LogP contribution is 2.31. The Morgan fingerprint density at radius 3 is 2.51 bits per heavy atom. The SMILES string of the molecule is C=CC(=O)Nc1ccc(C(=O)N2CCC(Nc3ncc(Br)cn3)C2)cc1N1CCC(N(C)C)CC1. The van der Waals surface area contributed by atoms with Gasteiger partial charge in [-0.15, -0.1) is 0 Å². The van der Waals surface area contributed by atoms with Gasteiger partial charge in [0.2, 0.25) is 11.9 Å². The second kappa shape index (κ2) is 11.2. The first-order valence-electron chi connectivity index (χ1n) is 11.9. The Balaban J connectivity index is 1.48. The Hall–Kier alpha value is -2.98. The quantitative estimate of drug-likeness (QED) is 0.519. The number of halogens is 1. The average Bonchev–Trinajstić information content (AvgIpc) is 3.33. The summed E-state index contributed by atoms with van der Waals surface area (Å²) in [6.07, 6.45) is 7.53. The fourth-order valence-electron chi connectivity index (χ4n) is 4.65. The summed E-state index contributed by atoms with van der Waals surface area (Å²) in [4.78, 5) is 40.3. The van der Waals surface area contributed by atoms with Gasteiger partial charge in [0, 0.05) is 56.2 Å². The Kier molecular flexibility index (Phi) is 8.02. The number of likely N-dealkylation sites (tertiary alicyclic amines) is 1. The van der Waals surface area contributed by atoms with Crippen LogP contribution in [0.2, 0.25) is 0 Å². The van der Waals surface area contributed by atoms with Crippen LogP contribution < -0.4 is 15.5 Å². The van der Waals surface area contributed by atoms with Gasteiger partial charge in [0.05, 0.1) is 15.8 Å². The van der Waals surface area contributed by atoms with Crippen LogP contribution in [0.25, 0.3) is 0 Å². The predicted octanol–water partition coefficient (Wildman–Crippen LogP) is 3.22. The molecular weight excluding hydrogens is 510 g/mol. The van der Waals surface area contributed by atoms with Gasteiger partial charge in [0.1, 0.15) is 0 Å². The third kappa shape index (κ3) is 6.18. The van der Waals surface area contributed by atoms with Gasteiger partial charge in [-0.1, -0.05) is 6.58 Å². The summed E-state index contributed by atoms with van der Waals surface area (Å²) in [5.41, 5.74) is 2.19. The number of hydrogen-bond acceptors (Lipinski definition) is 7. The molecule has 9 nitrogen and oxygen atoms in total. The van der Waals surface area contributed by atoms with Crippen LogP contribution >= 0.6 is 15.9 Å².